The Bertz CT molecular complexity index is 895. The van der Waals surface area contributed by atoms with Gasteiger partial charge in [0.25, 0.3) is 0 Å². The third kappa shape index (κ3) is 3.47. The van der Waals surface area contributed by atoms with Gasteiger partial charge in [-0.1, -0.05) is 22.0 Å². The van der Waals surface area contributed by atoms with Crippen LogP contribution in [0.4, 0.5) is 5.69 Å². The molecule has 0 aromatic heterocycles. The molecule has 0 N–H and O–H groups in total. The summed E-state index contributed by atoms with van der Waals surface area (Å²) < 4.78 is 31.0. The molecule has 1 aliphatic heterocycles. The van der Waals surface area contributed by atoms with E-state index in [1.807, 2.05) is 0 Å². The Labute approximate surface area is 149 Å². The van der Waals surface area contributed by atoms with Crippen molar-refractivity contribution in [1.29, 1.82) is 0 Å². The number of rotatable bonds is 4. The van der Waals surface area contributed by atoms with E-state index in [1.165, 1.54) is 6.07 Å². The molecule has 0 saturated carbocycles. The monoisotopic (exact) mass is 409 g/mol. The van der Waals surface area contributed by atoms with Crippen molar-refractivity contribution in [1.82, 2.24) is 0 Å². The number of benzene rings is 2. The molecule has 0 bridgehead atoms. The van der Waals surface area contributed by atoms with Gasteiger partial charge in [0.1, 0.15) is 10.6 Å². The topological polar surface area (TPSA) is 63.7 Å². The second-order valence-electron chi connectivity index (χ2n) is 5.59. The van der Waals surface area contributed by atoms with E-state index < -0.39 is 10.1 Å². The highest BCUT2D eigenvalue weighted by Gasteiger charge is 2.24. The highest BCUT2D eigenvalue weighted by Crippen LogP contribution is 2.28. The molecule has 3 rings (SSSR count). The van der Waals surface area contributed by atoms with Crippen LogP contribution in [0.3, 0.4) is 0 Å². The summed E-state index contributed by atoms with van der Waals surface area (Å²) in [6, 6.07) is 11.5. The molecule has 24 heavy (non-hydrogen) atoms. The molecule has 1 fully saturated rings. The van der Waals surface area contributed by atoms with Crippen molar-refractivity contribution in [2.45, 2.75) is 24.7 Å². The molecule has 2 aromatic carbocycles. The van der Waals surface area contributed by atoms with E-state index in [0.29, 0.717) is 18.5 Å². The van der Waals surface area contributed by atoms with Crippen LogP contribution in [0, 0.1) is 6.92 Å². The number of aryl methyl sites for hydroxylation is 1. The quantitative estimate of drug-likeness (QED) is 0.722. The predicted octanol–water partition coefficient (Wildman–Crippen LogP) is 3.65. The van der Waals surface area contributed by atoms with E-state index in [9.17, 15) is 13.2 Å². The van der Waals surface area contributed by atoms with Crippen LogP contribution in [-0.4, -0.2) is 20.9 Å². The minimum absolute atomic E-state index is 0.0652. The molecule has 1 amide bonds. The average molecular weight is 410 g/mol. The zero-order chi connectivity index (χ0) is 17.3. The maximum absolute atomic E-state index is 12.5. The van der Waals surface area contributed by atoms with Crippen LogP contribution in [0.1, 0.15) is 18.4 Å². The summed E-state index contributed by atoms with van der Waals surface area (Å²) in [5, 5.41) is 0. The summed E-state index contributed by atoms with van der Waals surface area (Å²) in [5.41, 5.74) is 1.26. The number of anilines is 1. The van der Waals surface area contributed by atoms with Gasteiger partial charge in [0.15, 0.2) is 0 Å². The molecule has 126 valence electrons. The Morgan fingerprint density at radius 1 is 1.17 bits per heavy atom. The number of hydrogen-bond acceptors (Lipinski definition) is 4. The molecule has 5 nitrogen and oxygen atoms in total. The molecule has 1 aliphatic rings. The standard InChI is InChI=1S/C17H16BrNO4S/c1-12-10-14(19-9-3-6-17(19)20)7-8-16(12)24(21,22)23-15-5-2-4-13(18)11-15/h2,4-5,7-8,10-11H,3,6,9H2,1H3. The molecular weight excluding hydrogens is 394 g/mol. The third-order valence-corrected chi connectivity index (χ3v) is 5.72. The van der Waals surface area contributed by atoms with Gasteiger partial charge in [-0.05, 0) is 55.3 Å². The highest BCUT2D eigenvalue weighted by molar-refractivity contribution is 9.10. The van der Waals surface area contributed by atoms with Crippen LogP contribution in [0.25, 0.3) is 0 Å². The zero-order valence-corrected chi connectivity index (χ0v) is 15.4. The van der Waals surface area contributed by atoms with Crippen LogP contribution in [-0.2, 0) is 14.9 Å². The summed E-state index contributed by atoms with van der Waals surface area (Å²) in [6.07, 6.45) is 1.36. The van der Waals surface area contributed by atoms with E-state index in [4.69, 9.17) is 4.18 Å². The van der Waals surface area contributed by atoms with Gasteiger partial charge in [-0.25, -0.2) is 0 Å². The first-order valence-electron chi connectivity index (χ1n) is 7.48. The number of nitrogens with zero attached hydrogens (tertiary/aromatic N) is 1. The number of hydrogen-bond donors (Lipinski definition) is 0. The smallest absolute Gasteiger partial charge is 0.339 e. The minimum Gasteiger partial charge on any atom is -0.379 e. The molecule has 0 aliphatic carbocycles. The van der Waals surface area contributed by atoms with Crippen molar-refractivity contribution in [3.05, 3.63) is 52.5 Å². The average Bonchev–Trinajstić information content (AvgIpc) is 2.92. The van der Waals surface area contributed by atoms with Crippen molar-refractivity contribution in [2.24, 2.45) is 0 Å². The van der Waals surface area contributed by atoms with E-state index in [-0.39, 0.29) is 16.6 Å². The maximum Gasteiger partial charge on any atom is 0.339 e. The summed E-state index contributed by atoms with van der Waals surface area (Å²) >= 11 is 3.28. The van der Waals surface area contributed by atoms with Crippen molar-refractivity contribution in [2.75, 3.05) is 11.4 Å². The Kier molecular flexibility index (Phi) is 4.64. The lowest BCUT2D eigenvalue weighted by Gasteiger charge is -2.17. The lowest BCUT2D eigenvalue weighted by Crippen LogP contribution is -2.24. The van der Waals surface area contributed by atoms with Crippen molar-refractivity contribution >= 4 is 37.6 Å². The van der Waals surface area contributed by atoms with E-state index in [1.54, 1.807) is 48.2 Å². The van der Waals surface area contributed by atoms with Crippen LogP contribution in [0.2, 0.25) is 0 Å². The molecule has 7 heteroatoms. The van der Waals surface area contributed by atoms with Crippen LogP contribution in [0.15, 0.2) is 51.8 Å². The molecule has 1 saturated heterocycles. The van der Waals surface area contributed by atoms with Gasteiger partial charge in [-0.2, -0.15) is 8.42 Å². The van der Waals surface area contributed by atoms with Crippen molar-refractivity contribution in [3.63, 3.8) is 0 Å². The lowest BCUT2D eigenvalue weighted by molar-refractivity contribution is -0.117. The van der Waals surface area contributed by atoms with Crippen LogP contribution >= 0.6 is 15.9 Å². The number of amides is 1. The zero-order valence-electron chi connectivity index (χ0n) is 13.0. The Morgan fingerprint density at radius 3 is 2.58 bits per heavy atom. The number of carbonyl (C=O) groups is 1. The largest absolute Gasteiger partial charge is 0.379 e. The predicted molar refractivity (Wildman–Crippen MR) is 94.7 cm³/mol. The van der Waals surface area contributed by atoms with Gasteiger partial charge in [0.2, 0.25) is 5.91 Å². The van der Waals surface area contributed by atoms with E-state index in [2.05, 4.69) is 15.9 Å². The summed E-state index contributed by atoms with van der Waals surface area (Å²) in [4.78, 5) is 13.6. The van der Waals surface area contributed by atoms with Gasteiger partial charge in [0, 0.05) is 23.1 Å². The molecule has 1 heterocycles. The van der Waals surface area contributed by atoms with Crippen molar-refractivity contribution < 1.29 is 17.4 Å². The van der Waals surface area contributed by atoms with Gasteiger partial charge in [-0.3, -0.25) is 4.79 Å². The summed E-state index contributed by atoms with van der Waals surface area (Å²) in [6.45, 7) is 2.36. The molecule has 2 aromatic rings. The molecule has 0 radical (unpaired) electrons. The molecule has 0 atom stereocenters. The molecule has 0 spiro atoms. The lowest BCUT2D eigenvalue weighted by atomic mass is 10.2. The first kappa shape index (κ1) is 17.0. The number of carbonyl (C=O) groups excluding carboxylic acids is 1. The highest BCUT2D eigenvalue weighted by atomic mass is 79.9. The Balaban J connectivity index is 1.89. The second-order valence-corrected chi connectivity index (χ2v) is 8.02. The molecular formula is C17H16BrNO4S. The Morgan fingerprint density at radius 2 is 1.96 bits per heavy atom. The van der Waals surface area contributed by atoms with Gasteiger partial charge in [-0.15, -0.1) is 0 Å². The van der Waals surface area contributed by atoms with E-state index in [0.717, 1.165) is 16.6 Å². The van der Waals surface area contributed by atoms with Gasteiger partial charge in [0.05, 0.1) is 0 Å². The van der Waals surface area contributed by atoms with Gasteiger partial charge < -0.3 is 9.08 Å². The SMILES string of the molecule is Cc1cc(N2CCCC2=O)ccc1S(=O)(=O)Oc1cccc(Br)c1. The minimum atomic E-state index is -3.94. The van der Waals surface area contributed by atoms with Gasteiger partial charge >= 0.3 is 10.1 Å². The summed E-state index contributed by atoms with van der Waals surface area (Å²) in [5.74, 6) is 0.304. The normalized spacial score (nSPS) is 14.9. The third-order valence-electron chi connectivity index (χ3n) is 3.81. The van der Waals surface area contributed by atoms with Crippen LogP contribution in [0.5, 0.6) is 5.75 Å². The second kappa shape index (κ2) is 6.57. The maximum atomic E-state index is 12.5. The molecule has 0 unspecified atom stereocenters. The fourth-order valence-electron chi connectivity index (χ4n) is 2.69. The fraction of sp³-hybridized carbons (Fsp3) is 0.235. The first-order valence-corrected chi connectivity index (χ1v) is 9.68. The summed E-state index contributed by atoms with van der Waals surface area (Å²) in [7, 11) is -3.94. The first-order chi connectivity index (χ1) is 11.4. The number of halogens is 1. The Hall–Kier alpha value is -1.86. The van der Waals surface area contributed by atoms with E-state index >= 15 is 0 Å². The van der Waals surface area contributed by atoms with Crippen LogP contribution < -0.4 is 9.08 Å². The fourth-order valence-corrected chi connectivity index (χ4v) is 4.21. The van der Waals surface area contributed by atoms with Crippen molar-refractivity contribution in [3.8, 4) is 5.75 Å².